The van der Waals surface area contributed by atoms with Gasteiger partial charge in [0.15, 0.2) is 0 Å². The minimum atomic E-state index is -3.23. The summed E-state index contributed by atoms with van der Waals surface area (Å²) in [7, 11) is -3.23. The molecular weight excluding hydrogens is 336 g/mol. The molecule has 0 spiro atoms. The van der Waals surface area contributed by atoms with Gasteiger partial charge in [0, 0.05) is 25.6 Å². The summed E-state index contributed by atoms with van der Waals surface area (Å²) in [6, 6.07) is 10.2. The van der Waals surface area contributed by atoms with E-state index in [-0.39, 0.29) is 23.5 Å². The Morgan fingerprint density at radius 1 is 1.28 bits per heavy atom. The first kappa shape index (κ1) is 19.9. The van der Waals surface area contributed by atoms with Crippen molar-refractivity contribution in [2.24, 2.45) is 5.92 Å². The van der Waals surface area contributed by atoms with E-state index in [9.17, 15) is 13.2 Å². The number of nitrogens with zero attached hydrogens (tertiary/aromatic N) is 1. The molecule has 5 nitrogen and oxygen atoms in total. The zero-order chi connectivity index (χ0) is 18.3. The maximum atomic E-state index is 12.5. The van der Waals surface area contributed by atoms with Gasteiger partial charge in [0.1, 0.15) is 0 Å². The summed E-state index contributed by atoms with van der Waals surface area (Å²) in [6.07, 6.45) is 3.06. The standard InChI is InChI=1S/C19H30N2O3S/c1-3-13-25(23,24)21-12-8-11-18(15-21)19(22)20-14-16(4-2)17-9-6-5-7-10-17/h5-7,9-10,16,18H,3-4,8,11-15H2,1-2H3,(H,20,22). The highest BCUT2D eigenvalue weighted by atomic mass is 32.2. The van der Waals surface area contributed by atoms with Crippen molar-refractivity contribution < 1.29 is 13.2 Å². The number of piperidine rings is 1. The van der Waals surface area contributed by atoms with Crippen LogP contribution < -0.4 is 5.32 Å². The van der Waals surface area contributed by atoms with Gasteiger partial charge in [0.05, 0.1) is 11.7 Å². The minimum Gasteiger partial charge on any atom is -0.355 e. The number of hydrogen-bond donors (Lipinski definition) is 1. The third-order valence-electron chi connectivity index (χ3n) is 4.90. The summed E-state index contributed by atoms with van der Waals surface area (Å²) in [5, 5.41) is 3.05. The Morgan fingerprint density at radius 2 is 2.00 bits per heavy atom. The Balaban J connectivity index is 1.92. The first-order valence-electron chi connectivity index (χ1n) is 9.28. The fraction of sp³-hybridized carbons (Fsp3) is 0.632. The van der Waals surface area contributed by atoms with Crippen molar-refractivity contribution in [1.82, 2.24) is 9.62 Å². The summed E-state index contributed by atoms with van der Waals surface area (Å²) in [5.41, 5.74) is 1.22. The van der Waals surface area contributed by atoms with Crippen LogP contribution in [-0.2, 0) is 14.8 Å². The number of carbonyl (C=O) groups excluding carboxylic acids is 1. The number of carbonyl (C=O) groups is 1. The van der Waals surface area contributed by atoms with Gasteiger partial charge in [0.25, 0.3) is 0 Å². The molecule has 1 heterocycles. The number of nitrogens with one attached hydrogen (secondary N) is 1. The molecule has 0 aromatic heterocycles. The molecule has 1 aliphatic rings. The largest absolute Gasteiger partial charge is 0.355 e. The van der Waals surface area contributed by atoms with Crippen molar-refractivity contribution in [3.8, 4) is 0 Å². The molecule has 2 rings (SSSR count). The van der Waals surface area contributed by atoms with Gasteiger partial charge in [-0.05, 0) is 31.2 Å². The molecule has 0 radical (unpaired) electrons. The van der Waals surface area contributed by atoms with E-state index in [0.717, 1.165) is 19.3 Å². The number of amides is 1. The van der Waals surface area contributed by atoms with E-state index >= 15 is 0 Å². The van der Waals surface area contributed by atoms with Crippen molar-refractivity contribution in [1.29, 1.82) is 0 Å². The second kappa shape index (κ2) is 9.34. The van der Waals surface area contributed by atoms with Gasteiger partial charge in [-0.15, -0.1) is 0 Å². The van der Waals surface area contributed by atoms with Gasteiger partial charge < -0.3 is 5.32 Å². The van der Waals surface area contributed by atoms with Crippen molar-refractivity contribution in [3.63, 3.8) is 0 Å². The average molecular weight is 367 g/mol. The van der Waals surface area contributed by atoms with Gasteiger partial charge in [-0.1, -0.05) is 44.2 Å². The van der Waals surface area contributed by atoms with E-state index in [0.29, 0.717) is 26.1 Å². The fourth-order valence-electron chi connectivity index (χ4n) is 3.39. The average Bonchev–Trinajstić information content (AvgIpc) is 2.63. The van der Waals surface area contributed by atoms with E-state index in [1.54, 1.807) is 0 Å². The lowest BCUT2D eigenvalue weighted by atomic mass is 9.95. The van der Waals surface area contributed by atoms with Crippen LogP contribution >= 0.6 is 0 Å². The topological polar surface area (TPSA) is 66.5 Å². The van der Waals surface area contributed by atoms with Crippen LogP contribution in [0.3, 0.4) is 0 Å². The van der Waals surface area contributed by atoms with Crippen LogP contribution in [-0.4, -0.2) is 44.0 Å². The van der Waals surface area contributed by atoms with Crippen LogP contribution in [0.25, 0.3) is 0 Å². The number of hydrogen-bond acceptors (Lipinski definition) is 3. The molecule has 0 saturated carbocycles. The van der Waals surface area contributed by atoms with Crippen LogP contribution in [0.2, 0.25) is 0 Å². The summed E-state index contributed by atoms with van der Waals surface area (Å²) >= 11 is 0. The van der Waals surface area contributed by atoms with Crippen molar-refractivity contribution in [3.05, 3.63) is 35.9 Å². The van der Waals surface area contributed by atoms with E-state index in [2.05, 4.69) is 24.4 Å². The highest BCUT2D eigenvalue weighted by Gasteiger charge is 2.31. The lowest BCUT2D eigenvalue weighted by Crippen LogP contribution is -2.46. The summed E-state index contributed by atoms with van der Waals surface area (Å²) in [6.45, 7) is 5.42. The Hall–Kier alpha value is -1.40. The van der Waals surface area contributed by atoms with Crippen molar-refractivity contribution in [2.45, 2.75) is 45.4 Å². The molecule has 1 fully saturated rings. The lowest BCUT2D eigenvalue weighted by Gasteiger charge is -2.31. The van der Waals surface area contributed by atoms with Gasteiger partial charge in [-0.3, -0.25) is 4.79 Å². The van der Waals surface area contributed by atoms with Crippen molar-refractivity contribution in [2.75, 3.05) is 25.4 Å². The third-order valence-corrected chi connectivity index (χ3v) is 6.94. The molecule has 6 heteroatoms. The Labute approximate surface area is 151 Å². The molecule has 0 bridgehead atoms. The maximum absolute atomic E-state index is 12.5. The molecule has 1 amide bonds. The van der Waals surface area contributed by atoms with Gasteiger partial charge in [-0.25, -0.2) is 12.7 Å². The molecular formula is C19H30N2O3S. The summed E-state index contributed by atoms with van der Waals surface area (Å²) < 4.78 is 26.0. The normalized spacial score (nSPS) is 20.2. The zero-order valence-corrected chi connectivity index (χ0v) is 16.1. The molecule has 25 heavy (non-hydrogen) atoms. The molecule has 140 valence electrons. The Kier molecular flexibility index (Phi) is 7.44. The lowest BCUT2D eigenvalue weighted by molar-refractivity contribution is -0.126. The monoisotopic (exact) mass is 366 g/mol. The van der Waals surface area contributed by atoms with Gasteiger partial charge in [0.2, 0.25) is 15.9 Å². The smallest absolute Gasteiger partial charge is 0.224 e. The second-order valence-corrected chi connectivity index (χ2v) is 8.86. The first-order valence-corrected chi connectivity index (χ1v) is 10.9. The summed E-state index contributed by atoms with van der Waals surface area (Å²) in [4.78, 5) is 12.5. The van der Waals surface area contributed by atoms with Gasteiger partial charge >= 0.3 is 0 Å². The highest BCUT2D eigenvalue weighted by Crippen LogP contribution is 2.21. The molecule has 1 aromatic carbocycles. The van der Waals surface area contributed by atoms with E-state index in [1.807, 2.05) is 25.1 Å². The number of sulfonamides is 1. The molecule has 1 saturated heterocycles. The molecule has 1 aliphatic heterocycles. The van der Waals surface area contributed by atoms with Crippen LogP contribution in [0.15, 0.2) is 30.3 Å². The van der Waals surface area contributed by atoms with E-state index in [4.69, 9.17) is 0 Å². The fourth-order valence-corrected chi connectivity index (χ4v) is 4.98. The van der Waals surface area contributed by atoms with Crippen LogP contribution in [0.4, 0.5) is 0 Å². The Morgan fingerprint density at radius 3 is 2.64 bits per heavy atom. The maximum Gasteiger partial charge on any atom is 0.224 e. The number of benzene rings is 1. The quantitative estimate of drug-likeness (QED) is 0.769. The van der Waals surface area contributed by atoms with E-state index < -0.39 is 10.0 Å². The zero-order valence-electron chi connectivity index (χ0n) is 15.3. The predicted molar refractivity (Wildman–Crippen MR) is 101 cm³/mol. The SMILES string of the molecule is CCCS(=O)(=O)N1CCCC(C(=O)NCC(CC)c2ccccc2)C1. The molecule has 1 N–H and O–H groups in total. The van der Waals surface area contributed by atoms with Crippen molar-refractivity contribution >= 4 is 15.9 Å². The highest BCUT2D eigenvalue weighted by molar-refractivity contribution is 7.89. The van der Waals surface area contributed by atoms with Crippen LogP contribution in [0, 0.1) is 5.92 Å². The first-order chi connectivity index (χ1) is 12.0. The minimum absolute atomic E-state index is 0.0224. The van der Waals surface area contributed by atoms with Crippen LogP contribution in [0.1, 0.15) is 51.0 Å². The second-order valence-electron chi connectivity index (χ2n) is 6.77. The molecule has 2 atom stereocenters. The predicted octanol–water partition coefficient (Wildman–Crippen LogP) is 2.75. The van der Waals surface area contributed by atoms with Gasteiger partial charge in [-0.2, -0.15) is 0 Å². The number of rotatable bonds is 8. The Bertz CT molecular complexity index is 646. The summed E-state index contributed by atoms with van der Waals surface area (Å²) in [5.74, 6) is 0.181. The molecule has 2 unspecified atom stereocenters. The molecule has 0 aliphatic carbocycles. The third kappa shape index (κ3) is 5.54. The van der Waals surface area contributed by atoms with E-state index in [1.165, 1.54) is 9.87 Å². The van der Waals surface area contributed by atoms with Crippen LogP contribution in [0.5, 0.6) is 0 Å². The molecule has 1 aromatic rings.